The van der Waals surface area contributed by atoms with Gasteiger partial charge in [-0.2, -0.15) is 0 Å². The largest absolute Gasteiger partial charge is 0.350 e. The molecule has 1 aliphatic rings. The molecule has 1 aliphatic heterocycles. The van der Waals surface area contributed by atoms with Gasteiger partial charge in [-0.05, 0) is 49.4 Å². The molecule has 0 aliphatic carbocycles. The molecule has 0 spiro atoms. The monoisotopic (exact) mass is 274 g/mol. The maximum absolute atomic E-state index is 13.3. The first-order chi connectivity index (χ1) is 9.56. The number of halogens is 1. The Bertz CT molecular complexity index is 654. The maximum Gasteiger partial charge on any atom is 0.270 e. The van der Waals surface area contributed by atoms with Gasteiger partial charge in [-0.25, -0.2) is 4.39 Å². The van der Waals surface area contributed by atoms with Crippen LogP contribution in [0, 0.1) is 18.7 Å². The van der Waals surface area contributed by atoms with Crippen molar-refractivity contribution in [1.29, 1.82) is 0 Å². The lowest BCUT2D eigenvalue weighted by atomic mass is 9.99. The van der Waals surface area contributed by atoms with Gasteiger partial charge in [0, 0.05) is 24.0 Å². The minimum absolute atomic E-state index is 0.0333. The molecule has 1 saturated heterocycles. The lowest BCUT2D eigenvalue weighted by Crippen LogP contribution is -2.38. The quantitative estimate of drug-likeness (QED) is 0.849. The van der Waals surface area contributed by atoms with Crippen molar-refractivity contribution in [2.45, 2.75) is 26.7 Å². The second kappa shape index (κ2) is 4.93. The Kier molecular flexibility index (Phi) is 3.24. The molecule has 2 heterocycles. The average Bonchev–Trinajstić information content (AvgIpc) is 2.75. The van der Waals surface area contributed by atoms with Gasteiger partial charge in [0.25, 0.3) is 5.91 Å². The summed E-state index contributed by atoms with van der Waals surface area (Å²) in [6.07, 6.45) is 2.11. The number of piperidine rings is 1. The van der Waals surface area contributed by atoms with Crippen molar-refractivity contribution in [3.8, 4) is 0 Å². The summed E-state index contributed by atoms with van der Waals surface area (Å²) >= 11 is 0. The highest BCUT2D eigenvalue weighted by Crippen LogP contribution is 2.25. The zero-order valence-electron chi connectivity index (χ0n) is 11.9. The fraction of sp³-hybridized carbons (Fsp3) is 0.438. The Morgan fingerprint density at radius 3 is 2.75 bits per heavy atom. The molecule has 1 fully saturated rings. The van der Waals surface area contributed by atoms with Crippen molar-refractivity contribution in [1.82, 2.24) is 9.88 Å². The van der Waals surface area contributed by atoms with Crippen LogP contribution in [-0.4, -0.2) is 28.9 Å². The van der Waals surface area contributed by atoms with Crippen molar-refractivity contribution >= 4 is 16.8 Å². The molecule has 1 N–H and O–H groups in total. The van der Waals surface area contributed by atoms with Crippen LogP contribution in [0.4, 0.5) is 4.39 Å². The number of benzene rings is 1. The highest BCUT2D eigenvalue weighted by molar-refractivity contribution is 6.00. The van der Waals surface area contributed by atoms with Crippen molar-refractivity contribution in [2.24, 2.45) is 5.92 Å². The van der Waals surface area contributed by atoms with Crippen molar-refractivity contribution in [3.05, 3.63) is 35.3 Å². The zero-order valence-corrected chi connectivity index (χ0v) is 11.9. The number of amides is 1. The number of aryl methyl sites for hydroxylation is 1. The lowest BCUT2D eigenvalue weighted by molar-refractivity contribution is 0.0691. The van der Waals surface area contributed by atoms with Gasteiger partial charge in [0.1, 0.15) is 11.5 Å². The fourth-order valence-corrected chi connectivity index (χ4v) is 2.89. The Balaban J connectivity index is 1.93. The molecule has 0 radical (unpaired) electrons. The van der Waals surface area contributed by atoms with Crippen LogP contribution >= 0.6 is 0 Å². The normalized spacial score (nSPS) is 16.9. The number of carbonyl (C=O) groups excluding carboxylic acids is 1. The van der Waals surface area contributed by atoms with Gasteiger partial charge < -0.3 is 9.88 Å². The number of aromatic nitrogens is 1. The van der Waals surface area contributed by atoms with Gasteiger partial charge in [0.05, 0.1) is 0 Å². The number of rotatable bonds is 1. The van der Waals surface area contributed by atoms with Crippen LogP contribution in [0.5, 0.6) is 0 Å². The number of aromatic amines is 1. The molecule has 3 nitrogen and oxygen atoms in total. The van der Waals surface area contributed by atoms with Gasteiger partial charge in [-0.1, -0.05) is 6.92 Å². The Labute approximate surface area is 117 Å². The van der Waals surface area contributed by atoms with E-state index in [4.69, 9.17) is 0 Å². The molecule has 20 heavy (non-hydrogen) atoms. The third kappa shape index (κ3) is 2.19. The van der Waals surface area contributed by atoms with Crippen molar-refractivity contribution in [2.75, 3.05) is 13.1 Å². The van der Waals surface area contributed by atoms with Crippen LogP contribution in [0.3, 0.4) is 0 Å². The van der Waals surface area contributed by atoms with Gasteiger partial charge >= 0.3 is 0 Å². The maximum atomic E-state index is 13.3. The van der Waals surface area contributed by atoms with E-state index in [-0.39, 0.29) is 11.7 Å². The van der Waals surface area contributed by atoms with E-state index in [9.17, 15) is 9.18 Å². The summed E-state index contributed by atoms with van der Waals surface area (Å²) in [5.74, 6) is 0.438. The van der Waals surface area contributed by atoms with Crippen molar-refractivity contribution in [3.63, 3.8) is 0 Å². The standard InChI is InChI=1S/C16H19FN2O/c1-10-5-7-19(8-6-10)16(20)15-11(2)13-4-3-12(17)9-14(13)18-15/h3-4,9-10,18H,5-8H2,1-2H3. The van der Waals surface area contributed by atoms with E-state index in [0.29, 0.717) is 17.1 Å². The molecule has 106 valence electrons. The van der Waals surface area contributed by atoms with E-state index in [1.54, 1.807) is 6.07 Å². The van der Waals surface area contributed by atoms with Crippen LogP contribution < -0.4 is 0 Å². The number of hydrogen-bond donors (Lipinski definition) is 1. The topological polar surface area (TPSA) is 36.1 Å². The fourth-order valence-electron chi connectivity index (χ4n) is 2.89. The molecule has 1 amide bonds. The third-order valence-corrected chi connectivity index (χ3v) is 4.31. The van der Waals surface area contributed by atoms with Crippen LogP contribution in [0.1, 0.15) is 35.8 Å². The molecule has 0 atom stereocenters. The number of carbonyl (C=O) groups is 1. The number of nitrogens with one attached hydrogen (secondary N) is 1. The SMILES string of the molecule is Cc1c(C(=O)N2CCC(C)CC2)[nH]c2cc(F)ccc12. The molecule has 3 rings (SSSR count). The first kappa shape index (κ1) is 13.2. The zero-order chi connectivity index (χ0) is 14.3. The van der Waals surface area contributed by atoms with E-state index in [1.807, 2.05) is 11.8 Å². The summed E-state index contributed by atoms with van der Waals surface area (Å²) in [7, 11) is 0. The summed E-state index contributed by atoms with van der Waals surface area (Å²) in [6, 6.07) is 4.60. The van der Waals surface area contributed by atoms with Crippen molar-refractivity contribution < 1.29 is 9.18 Å². The Morgan fingerprint density at radius 2 is 2.05 bits per heavy atom. The van der Waals surface area contributed by atoms with E-state index in [0.717, 1.165) is 36.9 Å². The Hall–Kier alpha value is -1.84. The number of nitrogens with zero attached hydrogens (tertiary/aromatic N) is 1. The molecule has 0 bridgehead atoms. The summed E-state index contributed by atoms with van der Waals surface area (Å²) in [4.78, 5) is 17.6. The van der Waals surface area contributed by atoms with Gasteiger partial charge in [-0.15, -0.1) is 0 Å². The molecule has 1 aromatic heterocycles. The van der Waals surface area contributed by atoms with Gasteiger partial charge in [-0.3, -0.25) is 4.79 Å². The molecular formula is C16H19FN2O. The summed E-state index contributed by atoms with van der Waals surface area (Å²) in [6.45, 7) is 5.75. The minimum Gasteiger partial charge on any atom is -0.350 e. The smallest absolute Gasteiger partial charge is 0.270 e. The molecule has 0 unspecified atom stereocenters. The third-order valence-electron chi connectivity index (χ3n) is 4.31. The molecule has 0 saturated carbocycles. The predicted octanol–water partition coefficient (Wildman–Crippen LogP) is 3.49. The second-order valence-electron chi connectivity index (χ2n) is 5.79. The second-order valence-corrected chi connectivity index (χ2v) is 5.79. The first-order valence-corrected chi connectivity index (χ1v) is 7.13. The summed E-state index contributed by atoms with van der Waals surface area (Å²) in [5.41, 5.74) is 2.19. The van der Waals surface area contributed by atoms with Gasteiger partial charge in [0.2, 0.25) is 0 Å². The van der Waals surface area contributed by atoms with E-state index < -0.39 is 0 Å². The number of fused-ring (bicyclic) bond motifs is 1. The first-order valence-electron chi connectivity index (χ1n) is 7.13. The number of hydrogen-bond acceptors (Lipinski definition) is 1. The van der Waals surface area contributed by atoms with Crippen LogP contribution in [0.2, 0.25) is 0 Å². The molecule has 2 aromatic rings. The minimum atomic E-state index is -0.287. The van der Waals surface area contributed by atoms with E-state index >= 15 is 0 Å². The van der Waals surface area contributed by atoms with E-state index in [1.165, 1.54) is 12.1 Å². The highest BCUT2D eigenvalue weighted by Gasteiger charge is 2.24. The highest BCUT2D eigenvalue weighted by atomic mass is 19.1. The lowest BCUT2D eigenvalue weighted by Gasteiger charge is -2.30. The number of likely N-dealkylation sites (tertiary alicyclic amines) is 1. The van der Waals surface area contributed by atoms with Crippen LogP contribution in [0.25, 0.3) is 10.9 Å². The summed E-state index contributed by atoms with van der Waals surface area (Å²) < 4.78 is 13.3. The summed E-state index contributed by atoms with van der Waals surface area (Å²) in [5, 5.41) is 0.917. The van der Waals surface area contributed by atoms with Crippen LogP contribution in [-0.2, 0) is 0 Å². The van der Waals surface area contributed by atoms with Crippen LogP contribution in [0.15, 0.2) is 18.2 Å². The molecular weight excluding hydrogens is 255 g/mol. The Morgan fingerprint density at radius 1 is 1.35 bits per heavy atom. The molecule has 4 heteroatoms. The van der Waals surface area contributed by atoms with E-state index in [2.05, 4.69) is 11.9 Å². The average molecular weight is 274 g/mol. The molecule has 1 aromatic carbocycles. The predicted molar refractivity (Wildman–Crippen MR) is 77.3 cm³/mol. The number of H-pyrrole nitrogens is 1. The van der Waals surface area contributed by atoms with Gasteiger partial charge in [0.15, 0.2) is 0 Å².